The fourth-order valence-corrected chi connectivity index (χ4v) is 6.10. The van der Waals surface area contributed by atoms with Crippen molar-refractivity contribution in [2.75, 3.05) is 37.7 Å². The van der Waals surface area contributed by atoms with Crippen molar-refractivity contribution in [3.05, 3.63) is 65.1 Å². The number of ether oxygens (including phenoxy) is 2. The Bertz CT molecular complexity index is 1590. The third kappa shape index (κ3) is 5.60. The molecule has 1 atom stereocenters. The second-order valence-electron chi connectivity index (χ2n) is 12.3. The average Bonchev–Trinajstić information content (AvgIpc) is 3.70. The lowest BCUT2D eigenvalue weighted by atomic mass is 10.0. The van der Waals surface area contributed by atoms with E-state index in [0.29, 0.717) is 43.1 Å². The number of piperazine rings is 1. The highest BCUT2D eigenvalue weighted by atomic mass is 19.1. The zero-order valence-corrected chi connectivity index (χ0v) is 25.5. The predicted molar refractivity (Wildman–Crippen MR) is 159 cm³/mol. The van der Waals surface area contributed by atoms with E-state index in [9.17, 15) is 14.4 Å². The Hall–Kier alpha value is -4.48. The molecule has 1 unspecified atom stereocenters. The lowest BCUT2D eigenvalue weighted by Gasteiger charge is -2.36. The summed E-state index contributed by atoms with van der Waals surface area (Å²) in [5.74, 6) is -1.56. The molecule has 44 heavy (non-hydrogen) atoms. The number of halogens is 1. The van der Waals surface area contributed by atoms with Gasteiger partial charge >= 0.3 is 12.1 Å². The molecule has 6 rings (SSSR count). The van der Waals surface area contributed by atoms with Gasteiger partial charge in [0, 0.05) is 55.1 Å². The van der Waals surface area contributed by atoms with Crippen LogP contribution in [-0.2, 0) is 33.8 Å². The van der Waals surface area contributed by atoms with Crippen molar-refractivity contribution in [1.29, 1.82) is 0 Å². The van der Waals surface area contributed by atoms with Crippen molar-refractivity contribution in [3.8, 4) is 11.3 Å². The van der Waals surface area contributed by atoms with E-state index < -0.39 is 29.3 Å². The highest BCUT2D eigenvalue weighted by Crippen LogP contribution is 2.37. The summed E-state index contributed by atoms with van der Waals surface area (Å²) in [5.41, 5.74) is 3.16. The van der Waals surface area contributed by atoms with E-state index in [1.165, 1.54) is 11.0 Å². The summed E-state index contributed by atoms with van der Waals surface area (Å²) in [7, 11) is 0. The molecule has 3 aliphatic rings. The zero-order chi connectivity index (χ0) is 31.2. The Morgan fingerprint density at radius 1 is 1.07 bits per heavy atom. The van der Waals surface area contributed by atoms with E-state index in [-0.39, 0.29) is 30.4 Å². The largest absolute Gasteiger partial charge is 0.464 e. The standard InChI is InChI=1S/C32H37FN6O5/c1-5-43-30(41)28(27-26-7-6-10-38(26)19-35-27)39-18-23-22(29(39)40)15-20(16-24(23)33)25-9-8-21(17-34-25)36-11-13-37(14-12-36)31(42)44-32(2,3)4/h8-9,15-17,19,28H,5-7,10-14,18H2,1-4H3. The molecule has 0 bridgehead atoms. The number of amides is 2. The van der Waals surface area contributed by atoms with Crippen molar-refractivity contribution in [2.45, 2.75) is 65.3 Å². The Morgan fingerprint density at radius 2 is 1.84 bits per heavy atom. The monoisotopic (exact) mass is 604 g/mol. The second kappa shape index (κ2) is 11.5. The highest BCUT2D eigenvalue weighted by Gasteiger charge is 2.42. The number of aryl methyl sites for hydroxylation is 1. The molecular formula is C32H37FN6O5. The second-order valence-corrected chi connectivity index (χ2v) is 12.3. The molecule has 3 aromatic rings. The molecule has 232 valence electrons. The summed E-state index contributed by atoms with van der Waals surface area (Å²) < 4.78 is 28.4. The number of fused-ring (bicyclic) bond motifs is 2. The van der Waals surface area contributed by atoms with Crippen molar-refractivity contribution in [1.82, 2.24) is 24.3 Å². The summed E-state index contributed by atoms with van der Waals surface area (Å²) in [6.45, 7) is 10.5. The van der Waals surface area contributed by atoms with Gasteiger partial charge in [-0.25, -0.2) is 19.0 Å². The van der Waals surface area contributed by atoms with E-state index in [0.717, 1.165) is 30.8 Å². The van der Waals surface area contributed by atoms with Crippen LogP contribution >= 0.6 is 0 Å². The number of rotatable bonds is 6. The van der Waals surface area contributed by atoms with Crippen LogP contribution in [-0.4, -0.2) is 80.7 Å². The number of nitrogens with zero attached hydrogens (tertiary/aromatic N) is 6. The number of anilines is 1. The maximum Gasteiger partial charge on any atom is 0.410 e. The first-order valence-corrected chi connectivity index (χ1v) is 15.1. The molecule has 0 aliphatic carbocycles. The Morgan fingerprint density at radius 3 is 2.52 bits per heavy atom. The molecule has 3 aliphatic heterocycles. The first-order valence-electron chi connectivity index (χ1n) is 15.1. The highest BCUT2D eigenvalue weighted by molar-refractivity contribution is 6.01. The lowest BCUT2D eigenvalue weighted by Crippen LogP contribution is -2.50. The predicted octanol–water partition coefficient (Wildman–Crippen LogP) is 4.35. The SMILES string of the molecule is CCOC(=O)C(c1ncn2c1CCC2)N1Cc2c(F)cc(-c3ccc(N4CCN(C(=O)OC(C)(C)C)CC4)cn3)cc2C1=O. The quantitative estimate of drug-likeness (QED) is 0.382. The first kappa shape index (κ1) is 29.6. The molecule has 12 heteroatoms. The summed E-state index contributed by atoms with van der Waals surface area (Å²) in [5, 5.41) is 0. The zero-order valence-electron chi connectivity index (χ0n) is 25.5. The molecule has 1 fully saturated rings. The molecular weight excluding hydrogens is 567 g/mol. The average molecular weight is 605 g/mol. The molecule has 1 aromatic carbocycles. The molecule has 2 aromatic heterocycles. The van der Waals surface area contributed by atoms with Gasteiger partial charge in [0.05, 0.1) is 42.8 Å². The maximum absolute atomic E-state index is 15.5. The minimum Gasteiger partial charge on any atom is -0.464 e. The molecule has 0 radical (unpaired) electrons. The van der Waals surface area contributed by atoms with E-state index in [4.69, 9.17) is 9.47 Å². The Balaban J connectivity index is 1.19. The minimum atomic E-state index is -1.06. The van der Waals surface area contributed by atoms with Crippen molar-refractivity contribution < 1.29 is 28.2 Å². The van der Waals surface area contributed by atoms with E-state index >= 15 is 4.39 Å². The smallest absolute Gasteiger partial charge is 0.410 e. The van der Waals surface area contributed by atoms with Gasteiger partial charge in [0.1, 0.15) is 11.4 Å². The van der Waals surface area contributed by atoms with Gasteiger partial charge in [-0.3, -0.25) is 9.78 Å². The van der Waals surface area contributed by atoms with Gasteiger partial charge in [0.2, 0.25) is 0 Å². The Labute approximate surface area is 255 Å². The third-order valence-electron chi connectivity index (χ3n) is 8.23. The summed E-state index contributed by atoms with van der Waals surface area (Å²) >= 11 is 0. The van der Waals surface area contributed by atoms with Gasteiger partial charge in [-0.2, -0.15) is 0 Å². The van der Waals surface area contributed by atoms with Gasteiger partial charge in [0.25, 0.3) is 5.91 Å². The molecule has 1 saturated heterocycles. The number of carbonyl (C=O) groups is 3. The van der Waals surface area contributed by atoms with Gasteiger partial charge < -0.3 is 28.7 Å². The summed E-state index contributed by atoms with van der Waals surface area (Å²) in [4.78, 5) is 53.6. The van der Waals surface area contributed by atoms with Crippen LogP contribution in [0.4, 0.5) is 14.9 Å². The van der Waals surface area contributed by atoms with Crippen LogP contribution in [0.5, 0.6) is 0 Å². The maximum atomic E-state index is 15.5. The molecule has 0 N–H and O–H groups in total. The van der Waals surface area contributed by atoms with Crippen LogP contribution in [0, 0.1) is 5.82 Å². The van der Waals surface area contributed by atoms with Crippen LogP contribution in [0.1, 0.15) is 67.5 Å². The summed E-state index contributed by atoms with van der Waals surface area (Å²) in [6.07, 6.45) is 4.76. The lowest BCUT2D eigenvalue weighted by molar-refractivity contribution is -0.149. The molecule has 11 nitrogen and oxygen atoms in total. The van der Waals surface area contributed by atoms with Crippen LogP contribution in [0.25, 0.3) is 11.3 Å². The third-order valence-corrected chi connectivity index (χ3v) is 8.23. The van der Waals surface area contributed by atoms with Crippen LogP contribution < -0.4 is 4.90 Å². The number of hydrogen-bond donors (Lipinski definition) is 0. The van der Waals surface area contributed by atoms with Crippen LogP contribution in [0.15, 0.2) is 36.8 Å². The van der Waals surface area contributed by atoms with Crippen molar-refractivity contribution in [2.24, 2.45) is 0 Å². The number of hydrogen-bond acceptors (Lipinski definition) is 8. The van der Waals surface area contributed by atoms with E-state index in [1.807, 2.05) is 31.4 Å². The fraction of sp³-hybridized carbons (Fsp3) is 0.469. The van der Waals surface area contributed by atoms with Crippen molar-refractivity contribution in [3.63, 3.8) is 0 Å². The normalized spacial score (nSPS) is 17.0. The van der Waals surface area contributed by atoms with E-state index in [2.05, 4.69) is 14.9 Å². The topological polar surface area (TPSA) is 110 Å². The fourth-order valence-electron chi connectivity index (χ4n) is 6.10. The van der Waals surface area contributed by atoms with Gasteiger partial charge in [-0.15, -0.1) is 0 Å². The molecule has 2 amide bonds. The summed E-state index contributed by atoms with van der Waals surface area (Å²) in [6, 6.07) is 5.66. The number of pyridine rings is 1. The van der Waals surface area contributed by atoms with Gasteiger partial charge in [-0.1, -0.05) is 0 Å². The number of esters is 1. The Kier molecular flexibility index (Phi) is 7.77. The number of aromatic nitrogens is 3. The minimum absolute atomic E-state index is 0.0578. The van der Waals surface area contributed by atoms with Crippen LogP contribution in [0.2, 0.25) is 0 Å². The van der Waals surface area contributed by atoms with Crippen LogP contribution in [0.3, 0.4) is 0 Å². The first-order chi connectivity index (χ1) is 21.0. The van der Waals surface area contributed by atoms with Gasteiger partial charge in [-0.05, 0) is 64.8 Å². The number of benzene rings is 1. The van der Waals surface area contributed by atoms with E-state index in [1.54, 1.807) is 36.5 Å². The number of carbonyl (C=O) groups excluding carboxylic acids is 3. The molecule has 0 spiro atoms. The van der Waals surface area contributed by atoms with Crippen molar-refractivity contribution >= 4 is 23.7 Å². The molecule has 5 heterocycles. The number of imidazole rings is 1. The molecule has 0 saturated carbocycles. The van der Waals surface area contributed by atoms with Gasteiger partial charge in [0.15, 0.2) is 6.04 Å².